The Balaban J connectivity index is 1.32. The molecule has 1 fully saturated rings. The number of hydrogen-bond donors (Lipinski definition) is 1. The van der Waals surface area contributed by atoms with Crippen molar-refractivity contribution in [3.8, 4) is 0 Å². The van der Waals surface area contributed by atoms with Crippen LogP contribution in [0.4, 0.5) is 8.78 Å². The van der Waals surface area contributed by atoms with Crippen molar-refractivity contribution in [1.29, 1.82) is 0 Å². The van der Waals surface area contributed by atoms with E-state index in [0.29, 0.717) is 17.9 Å². The van der Waals surface area contributed by atoms with Crippen molar-refractivity contribution in [3.05, 3.63) is 94.6 Å². The third-order valence-corrected chi connectivity index (χ3v) is 9.37. The number of fused-ring (bicyclic) bond motifs is 2. The van der Waals surface area contributed by atoms with Crippen LogP contribution in [0, 0.1) is 11.6 Å². The number of halogens is 2. The van der Waals surface area contributed by atoms with Gasteiger partial charge in [0.2, 0.25) is 0 Å². The maximum atomic E-state index is 14.2. The number of nitrogens with one attached hydrogen (secondary N) is 1. The number of benzene rings is 1. The first-order valence-corrected chi connectivity index (χ1v) is 14.1. The predicted octanol–water partition coefficient (Wildman–Crippen LogP) is 5.09. The highest BCUT2D eigenvalue weighted by Gasteiger charge is 2.43. The van der Waals surface area contributed by atoms with Gasteiger partial charge in [-0.1, -0.05) is 12.1 Å². The van der Waals surface area contributed by atoms with Gasteiger partial charge in [-0.2, -0.15) is 0 Å². The molecule has 3 aromatic rings. The lowest BCUT2D eigenvalue weighted by Crippen LogP contribution is -2.47. The molecule has 1 N–H and O–H groups in total. The minimum absolute atomic E-state index is 0.233. The quantitative estimate of drug-likeness (QED) is 0.472. The summed E-state index contributed by atoms with van der Waals surface area (Å²) in [6, 6.07) is 9.65. The van der Waals surface area contributed by atoms with Crippen LogP contribution in [0.1, 0.15) is 68.5 Å². The van der Waals surface area contributed by atoms with E-state index in [1.165, 1.54) is 17.2 Å². The smallest absolute Gasteiger partial charge is 0.159 e. The molecule has 38 heavy (non-hydrogen) atoms. The van der Waals surface area contributed by atoms with E-state index in [1.807, 2.05) is 57.6 Å². The zero-order valence-electron chi connectivity index (χ0n) is 22.3. The van der Waals surface area contributed by atoms with Crippen molar-refractivity contribution >= 4 is 11.0 Å². The van der Waals surface area contributed by atoms with Crippen LogP contribution in [-0.4, -0.2) is 36.9 Å². The zero-order chi connectivity index (χ0) is 27.1. The summed E-state index contributed by atoms with van der Waals surface area (Å²) < 4.78 is 49.8. The minimum Gasteiger partial charge on any atom is -0.365 e. The van der Waals surface area contributed by atoms with Crippen LogP contribution in [0.25, 0.3) is 0 Å². The molecule has 0 amide bonds. The Kier molecular flexibility index (Phi) is 7.24. The van der Waals surface area contributed by atoms with Gasteiger partial charge in [-0.3, -0.25) is 14.9 Å². The first-order chi connectivity index (χ1) is 18.0. The summed E-state index contributed by atoms with van der Waals surface area (Å²) in [6.07, 6.45) is 7.40. The number of nitrogens with zero attached hydrogens (tertiary/aromatic N) is 3. The number of ether oxygens (including phenoxy) is 1. The van der Waals surface area contributed by atoms with Crippen LogP contribution < -0.4 is 4.72 Å². The van der Waals surface area contributed by atoms with Crippen molar-refractivity contribution in [3.63, 3.8) is 0 Å². The third kappa shape index (κ3) is 5.17. The lowest BCUT2D eigenvalue weighted by molar-refractivity contribution is -0.0800. The summed E-state index contributed by atoms with van der Waals surface area (Å²) in [5.41, 5.74) is 3.20. The number of piperidine rings is 1. The fourth-order valence-electron chi connectivity index (χ4n) is 5.22. The van der Waals surface area contributed by atoms with Crippen LogP contribution in [0.15, 0.2) is 55.0 Å². The highest BCUT2D eigenvalue weighted by molar-refractivity contribution is 7.84. The molecule has 9 heteroatoms. The summed E-state index contributed by atoms with van der Waals surface area (Å²) >= 11 is 0. The van der Waals surface area contributed by atoms with Gasteiger partial charge in [0.1, 0.15) is 0 Å². The molecule has 2 aromatic heterocycles. The summed E-state index contributed by atoms with van der Waals surface area (Å²) in [5.74, 6) is -1.89. The van der Waals surface area contributed by atoms with Gasteiger partial charge in [-0.25, -0.2) is 17.7 Å². The van der Waals surface area contributed by atoms with Crippen LogP contribution >= 0.6 is 0 Å². The van der Waals surface area contributed by atoms with Crippen molar-refractivity contribution in [2.75, 3.05) is 13.1 Å². The maximum Gasteiger partial charge on any atom is 0.159 e. The van der Waals surface area contributed by atoms with E-state index in [1.54, 1.807) is 6.92 Å². The van der Waals surface area contributed by atoms with Crippen molar-refractivity contribution in [2.45, 2.75) is 69.6 Å². The lowest BCUT2D eigenvalue weighted by atomic mass is 9.84. The number of aromatic nitrogens is 2. The minimum atomic E-state index is -1.48. The summed E-state index contributed by atoms with van der Waals surface area (Å²) in [6.45, 7) is 10.5. The average molecular weight is 541 g/mol. The second kappa shape index (κ2) is 10.2. The molecule has 2 aliphatic rings. The molecule has 0 bridgehead atoms. The van der Waals surface area contributed by atoms with Gasteiger partial charge in [0.25, 0.3) is 0 Å². The van der Waals surface area contributed by atoms with Crippen molar-refractivity contribution in [1.82, 2.24) is 19.6 Å². The van der Waals surface area contributed by atoms with E-state index in [4.69, 9.17) is 9.72 Å². The van der Waals surface area contributed by atoms with Crippen LogP contribution in [0.2, 0.25) is 0 Å². The van der Waals surface area contributed by atoms with Gasteiger partial charge in [0.15, 0.2) is 11.6 Å². The molecule has 202 valence electrons. The Labute approximate surface area is 225 Å². The van der Waals surface area contributed by atoms with Gasteiger partial charge in [0, 0.05) is 43.8 Å². The predicted molar refractivity (Wildman–Crippen MR) is 143 cm³/mol. The molecule has 2 atom stereocenters. The zero-order valence-corrected chi connectivity index (χ0v) is 23.1. The Hall–Kier alpha value is -2.59. The standard InChI is InChI=1S/C29H34F2N4O2S/c1-27(2,3)38(36)34-28(4,22-6-7-24(30)25(31)15-22)26-8-5-20(16-33-26)18-35-13-10-29(11-14-35)23-17-32-12-9-21(23)19-37-29/h5-9,12,15-17,34H,10-11,13-14,18-19H2,1-4H3. The number of pyridine rings is 2. The fraction of sp³-hybridized carbons (Fsp3) is 0.448. The van der Waals surface area contributed by atoms with Crippen molar-refractivity contribution < 1.29 is 17.7 Å². The number of likely N-dealkylation sites (tertiary alicyclic amines) is 1. The first kappa shape index (κ1) is 27.0. The summed E-state index contributed by atoms with van der Waals surface area (Å²) in [4.78, 5) is 11.4. The third-order valence-electron chi connectivity index (χ3n) is 7.66. The van der Waals surface area contributed by atoms with Gasteiger partial charge in [-0.15, -0.1) is 0 Å². The van der Waals surface area contributed by atoms with E-state index in [2.05, 4.69) is 14.6 Å². The average Bonchev–Trinajstić information content (AvgIpc) is 3.25. The molecule has 1 spiro atoms. The first-order valence-electron chi connectivity index (χ1n) is 12.9. The van der Waals surface area contributed by atoms with E-state index < -0.39 is 32.9 Å². The van der Waals surface area contributed by atoms with Gasteiger partial charge in [-0.05, 0) is 81.5 Å². The molecule has 0 radical (unpaired) electrons. The highest BCUT2D eigenvalue weighted by Crippen LogP contribution is 2.43. The summed E-state index contributed by atoms with van der Waals surface area (Å²) in [5, 5.41) is 0. The SMILES string of the molecule is CC(NS(=O)C(C)(C)C)(c1ccc(F)c(F)c1)c1ccc(CN2CCC3(CC2)OCc2ccncc23)cn1. The van der Waals surface area contributed by atoms with Gasteiger partial charge >= 0.3 is 0 Å². The Morgan fingerprint density at radius 3 is 2.47 bits per heavy atom. The molecule has 4 heterocycles. The lowest BCUT2D eigenvalue weighted by Gasteiger charge is -2.39. The van der Waals surface area contributed by atoms with Crippen LogP contribution in [-0.2, 0) is 40.0 Å². The Morgan fingerprint density at radius 2 is 1.82 bits per heavy atom. The molecule has 5 rings (SSSR count). The molecule has 2 unspecified atom stereocenters. The van der Waals surface area contributed by atoms with Crippen molar-refractivity contribution in [2.24, 2.45) is 0 Å². The molecule has 1 saturated heterocycles. The van der Waals surface area contributed by atoms with Crippen LogP contribution in [0.3, 0.4) is 0 Å². The molecule has 1 aromatic carbocycles. The summed E-state index contributed by atoms with van der Waals surface area (Å²) in [7, 11) is -1.48. The van der Waals surface area contributed by atoms with E-state index >= 15 is 0 Å². The maximum absolute atomic E-state index is 14.2. The largest absolute Gasteiger partial charge is 0.365 e. The monoisotopic (exact) mass is 540 g/mol. The molecular formula is C29H34F2N4O2S. The molecule has 0 saturated carbocycles. The molecule has 6 nitrogen and oxygen atoms in total. The highest BCUT2D eigenvalue weighted by atomic mass is 32.2. The van der Waals surface area contributed by atoms with E-state index in [0.717, 1.165) is 50.2 Å². The van der Waals surface area contributed by atoms with Crippen LogP contribution in [0.5, 0.6) is 0 Å². The molecule has 2 aliphatic heterocycles. The van der Waals surface area contributed by atoms with Gasteiger partial charge in [0.05, 0.1) is 39.2 Å². The second-order valence-electron chi connectivity index (χ2n) is 11.4. The number of rotatable bonds is 6. The molecule has 0 aliphatic carbocycles. The topological polar surface area (TPSA) is 67.4 Å². The Bertz CT molecular complexity index is 1340. The fourth-order valence-corrected chi connectivity index (χ4v) is 6.12. The Morgan fingerprint density at radius 1 is 1.05 bits per heavy atom. The van der Waals surface area contributed by atoms with E-state index in [-0.39, 0.29) is 5.60 Å². The second-order valence-corrected chi connectivity index (χ2v) is 13.3. The molecular weight excluding hydrogens is 506 g/mol. The van der Waals surface area contributed by atoms with Gasteiger partial charge < -0.3 is 4.74 Å². The van der Waals surface area contributed by atoms with E-state index in [9.17, 15) is 13.0 Å². The normalized spacial score (nSPS) is 19.7. The number of hydrogen-bond acceptors (Lipinski definition) is 5.